The molecule has 2 amide bonds. The van der Waals surface area contributed by atoms with Gasteiger partial charge in [-0.2, -0.15) is 0 Å². The summed E-state index contributed by atoms with van der Waals surface area (Å²) >= 11 is 0. The summed E-state index contributed by atoms with van der Waals surface area (Å²) in [5.74, 6) is -0.327. The number of nitrogens with two attached hydrogens (primary N) is 1. The van der Waals surface area contributed by atoms with Gasteiger partial charge in [-0.05, 0) is 31.0 Å². The Balaban J connectivity index is 2.53. The number of hydrogen-bond acceptors (Lipinski definition) is 4. The molecule has 0 fully saturated rings. The lowest BCUT2D eigenvalue weighted by Gasteiger charge is -2.20. The molecular weight excluding hydrogens is 258 g/mol. The number of hydrogen-bond donors (Lipinski definition) is 3. The molecule has 0 aliphatic carbocycles. The molecule has 0 bridgehead atoms. The van der Waals surface area contributed by atoms with Crippen molar-refractivity contribution in [3.05, 3.63) is 29.8 Å². The molecule has 0 spiro atoms. The molecule has 1 aromatic rings. The van der Waals surface area contributed by atoms with E-state index in [1.807, 2.05) is 6.92 Å². The molecule has 20 heavy (non-hydrogen) atoms. The van der Waals surface area contributed by atoms with Gasteiger partial charge in [-0.25, -0.2) is 0 Å². The first-order valence-electron chi connectivity index (χ1n) is 6.49. The van der Waals surface area contributed by atoms with Gasteiger partial charge in [0, 0.05) is 13.6 Å². The summed E-state index contributed by atoms with van der Waals surface area (Å²) in [4.78, 5) is 24.7. The Morgan fingerprint density at radius 2 is 1.95 bits per heavy atom. The Bertz CT molecular complexity index is 459. The topological polar surface area (TPSA) is 95.7 Å². The number of likely N-dealkylation sites (N-methyl/N-ethyl adjacent to an activating group) is 2. The van der Waals surface area contributed by atoms with Crippen LogP contribution in [0.2, 0.25) is 0 Å². The first-order valence-corrected chi connectivity index (χ1v) is 6.49. The molecule has 4 N–H and O–H groups in total. The maximum atomic E-state index is 12.0. The molecule has 110 valence electrons. The van der Waals surface area contributed by atoms with Gasteiger partial charge < -0.3 is 21.1 Å². The normalized spacial score (nSPS) is 11.8. The van der Waals surface area contributed by atoms with Crippen LogP contribution in [0.3, 0.4) is 0 Å². The van der Waals surface area contributed by atoms with E-state index in [4.69, 9.17) is 5.73 Å². The molecule has 0 aliphatic rings. The number of phenolic OH excluding ortho intramolecular Hbond substituents is 1. The third kappa shape index (κ3) is 4.89. The molecule has 0 unspecified atom stereocenters. The highest BCUT2D eigenvalue weighted by atomic mass is 16.3. The van der Waals surface area contributed by atoms with E-state index in [1.165, 1.54) is 4.90 Å². The number of benzene rings is 1. The van der Waals surface area contributed by atoms with E-state index in [9.17, 15) is 14.7 Å². The van der Waals surface area contributed by atoms with Crippen molar-refractivity contribution >= 4 is 11.8 Å². The molecule has 1 rings (SSSR count). The first-order chi connectivity index (χ1) is 9.43. The van der Waals surface area contributed by atoms with E-state index in [0.717, 1.165) is 5.56 Å². The zero-order chi connectivity index (χ0) is 15.1. The van der Waals surface area contributed by atoms with Crippen LogP contribution in [0.15, 0.2) is 24.3 Å². The van der Waals surface area contributed by atoms with Crippen molar-refractivity contribution in [2.24, 2.45) is 5.73 Å². The number of carbonyl (C=O) groups excluding carboxylic acids is 2. The summed E-state index contributed by atoms with van der Waals surface area (Å²) in [6.07, 6.45) is 0.360. The predicted octanol–water partition coefficient (Wildman–Crippen LogP) is -0.143. The molecule has 0 saturated carbocycles. The van der Waals surface area contributed by atoms with Gasteiger partial charge in [-0.15, -0.1) is 0 Å². The minimum absolute atomic E-state index is 0.00402. The van der Waals surface area contributed by atoms with Crippen molar-refractivity contribution < 1.29 is 14.7 Å². The SMILES string of the molecule is CCNC(=O)CN(C)C(=O)[C@H](N)Cc1ccc(O)cc1. The summed E-state index contributed by atoms with van der Waals surface area (Å²) in [6.45, 7) is 2.34. The van der Waals surface area contributed by atoms with Gasteiger partial charge in [0.2, 0.25) is 11.8 Å². The predicted molar refractivity (Wildman–Crippen MR) is 76.1 cm³/mol. The molecule has 0 saturated heterocycles. The Labute approximate surface area is 118 Å². The Kier molecular flexibility index (Phi) is 5.99. The molecule has 1 atom stereocenters. The smallest absolute Gasteiger partial charge is 0.240 e. The van der Waals surface area contributed by atoms with Crippen molar-refractivity contribution in [2.45, 2.75) is 19.4 Å². The van der Waals surface area contributed by atoms with E-state index in [2.05, 4.69) is 5.32 Å². The fourth-order valence-corrected chi connectivity index (χ4v) is 1.80. The highest BCUT2D eigenvalue weighted by molar-refractivity contribution is 5.87. The summed E-state index contributed by atoms with van der Waals surface area (Å²) in [6, 6.07) is 5.81. The van der Waals surface area contributed by atoms with Gasteiger partial charge in [0.25, 0.3) is 0 Å². The zero-order valence-electron chi connectivity index (χ0n) is 11.8. The second-order valence-corrected chi connectivity index (χ2v) is 4.62. The number of nitrogens with one attached hydrogen (secondary N) is 1. The summed E-state index contributed by atoms with van der Waals surface area (Å²) in [5, 5.41) is 11.8. The Morgan fingerprint density at radius 1 is 1.35 bits per heavy atom. The average molecular weight is 279 g/mol. The first kappa shape index (κ1) is 16.0. The van der Waals surface area contributed by atoms with Crippen LogP contribution in [0, 0.1) is 0 Å². The summed E-state index contributed by atoms with van der Waals surface area (Å²) in [5.41, 5.74) is 6.71. The highest BCUT2D eigenvalue weighted by Gasteiger charge is 2.20. The lowest BCUT2D eigenvalue weighted by atomic mass is 10.1. The van der Waals surface area contributed by atoms with Crippen LogP contribution in [-0.2, 0) is 16.0 Å². The van der Waals surface area contributed by atoms with Gasteiger partial charge in [-0.3, -0.25) is 9.59 Å². The largest absolute Gasteiger partial charge is 0.508 e. The van der Waals surface area contributed by atoms with Crippen molar-refractivity contribution in [3.8, 4) is 5.75 Å². The molecular formula is C14H21N3O3. The minimum atomic E-state index is -0.709. The van der Waals surface area contributed by atoms with Crippen LogP contribution < -0.4 is 11.1 Å². The quantitative estimate of drug-likeness (QED) is 0.675. The van der Waals surface area contributed by atoms with Gasteiger partial charge in [0.15, 0.2) is 0 Å². The highest BCUT2D eigenvalue weighted by Crippen LogP contribution is 2.11. The maximum Gasteiger partial charge on any atom is 0.240 e. The van der Waals surface area contributed by atoms with E-state index in [1.54, 1.807) is 31.3 Å². The average Bonchev–Trinajstić information content (AvgIpc) is 2.40. The van der Waals surface area contributed by atoms with Crippen LogP contribution in [0.4, 0.5) is 0 Å². The van der Waals surface area contributed by atoms with E-state index < -0.39 is 6.04 Å². The Morgan fingerprint density at radius 3 is 2.50 bits per heavy atom. The maximum absolute atomic E-state index is 12.0. The van der Waals surface area contributed by atoms with E-state index in [0.29, 0.717) is 13.0 Å². The molecule has 6 nitrogen and oxygen atoms in total. The van der Waals surface area contributed by atoms with E-state index >= 15 is 0 Å². The second kappa shape index (κ2) is 7.49. The summed E-state index contributed by atoms with van der Waals surface area (Å²) in [7, 11) is 1.55. The van der Waals surface area contributed by atoms with Crippen molar-refractivity contribution in [3.63, 3.8) is 0 Å². The van der Waals surface area contributed by atoms with E-state index in [-0.39, 0.29) is 24.1 Å². The van der Waals surface area contributed by atoms with Gasteiger partial charge in [-0.1, -0.05) is 12.1 Å². The van der Waals surface area contributed by atoms with Crippen LogP contribution >= 0.6 is 0 Å². The molecule has 6 heteroatoms. The number of nitrogens with zero attached hydrogens (tertiary/aromatic N) is 1. The Hall–Kier alpha value is -2.08. The fourth-order valence-electron chi connectivity index (χ4n) is 1.80. The van der Waals surface area contributed by atoms with Crippen LogP contribution in [-0.4, -0.2) is 48.0 Å². The lowest BCUT2D eigenvalue weighted by molar-refractivity contribution is -0.135. The molecule has 0 heterocycles. The minimum Gasteiger partial charge on any atom is -0.508 e. The van der Waals surface area contributed by atoms with Gasteiger partial charge in [0.05, 0.1) is 12.6 Å². The van der Waals surface area contributed by atoms with Gasteiger partial charge >= 0.3 is 0 Å². The number of phenols is 1. The van der Waals surface area contributed by atoms with Crippen LogP contribution in [0.5, 0.6) is 5.75 Å². The standard InChI is InChI=1S/C14H21N3O3/c1-3-16-13(19)9-17(2)14(20)12(15)8-10-4-6-11(18)7-5-10/h4-7,12,18H,3,8-9,15H2,1-2H3,(H,16,19)/t12-/m1/s1. The van der Waals surface area contributed by atoms with Crippen molar-refractivity contribution in [1.82, 2.24) is 10.2 Å². The fraction of sp³-hybridized carbons (Fsp3) is 0.429. The van der Waals surface area contributed by atoms with Crippen molar-refractivity contribution in [1.29, 1.82) is 0 Å². The number of rotatable bonds is 6. The molecule has 0 aliphatic heterocycles. The second-order valence-electron chi connectivity index (χ2n) is 4.62. The zero-order valence-corrected chi connectivity index (χ0v) is 11.8. The molecule has 1 aromatic carbocycles. The molecule has 0 radical (unpaired) electrons. The van der Waals surface area contributed by atoms with Crippen LogP contribution in [0.25, 0.3) is 0 Å². The number of aromatic hydroxyl groups is 1. The third-order valence-corrected chi connectivity index (χ3v) is 2.84. The van der Waals surface area contributed by atoms with Crippen molar-refractivity contribution in [2.75, 3.05) is 20.1 Å². The number of amides is 2. The monoisotopic (exact) mass is 279 g/mol. The number of carbonyl (C=O) groups is 2. The van der Waals surface area contributed by atoms with Gasteiger partial charge in [0.1, 0.15) is 5.75 Å². The van der Waals surface area contributed by atoms with Crippen LogP contribution in [0.1, 0.15) is 12.5 Å². The summed E-state index contributed by atoms with van der Waals surface area (Å²) < 4.78 is 0. The molecule has 0 aromatic heterocycles. The third-order valence-electron chi connectivity index (χ3n) is 2.84. The lowest BCUT2D eigenvalue weighted by Crippen LogP contribution is -2.46.